The van der Waals surface area contributed by atoms with Crippen LogP contribution in [0.15, 0.2) is 34.2 Å². The number of anilines is 1. The number of amides is 1. The molecule has 1 atom stereocenters. The van der Waals surface area contributed by atoms with Crippen LogP contribution in [0.3, 0.4) is 0 Å². The maximum absolute atomic E-state index is 12.7. The molecule has 0 aliphatic heterocycles. The topological polar surface area (TPSA) is 74.8 Å². The highest BCUT2D eigenvalue weighted by atomic mass is 35.5. The number of aryl methyl sites for hydroxylation is 1. The molecule has 2 aromatic rings. The first-order chi connectivity index (χ1) is 12.9. The van der Waals surface area contributed by atoms with Gasteiger partial charge in [-0.1, -0.05) is 43.3 Å². The van der Waals surface area contributed by atoms with Gasteiger partial charge in [0.05, 0.1) is 10.9 Å². The fourth-order valence-corrected chi connectivity index (χ4v) is 4.23. The van der Waals surface area contributed by atoms with Crippen LogP contribution in [0.2, 0.25) is 5.02 Å². The highest BCUT2D eigenvalue weighted by Gasteiger charge is 2.20. The van der Waals surface area contributed by atoms with E-state index in [1.54, 1.807) is 23.9 Å². The van der Waals surface area contributed by atoms with E-state index in [4.69, 9.17) is 11.6 Å². The van der Waals surface area contributed by atoms with Gasteiger partial charge in [0.15, 0.2) is 5.16 Å². The van der Waals surface area contributed by atoms with E-state index < -0.39 is 0 Å². The quantitative estimate of drug-likeness (QED) is 0.340. The normalized spacial score (nSPS) is 12.0. The second-order valence-corrected chi connectivity index (χ2v) is 8.79. The van der Waals surface area contributed by atoms with Crippen molar-refractivity contribution in [3.05, 3.63) is 50.9 Å². The van der Waals surface area contributed by atoms with Crippen molar-refractivity contribution in [2.75, 3.05) is 11.1 Å². The molecule has 0 spiro atoms. The Labute approximate surface area is 173 Å². The fourth-order valence-electron chi connectivity index (χ4n) is 2.33. The van der Waals surface area contributed by atoms with Crippen LogP contribution in [0.5, 0.6) is 0 Å². The SMILES string of the molecule is CCCSCc1cc(=O)[nH]c(SC(CC)C(=O)Nc2cc(Cl)ccc2C)n1. The first-order valence-electron chi connectivity index (χ1n) is 8.84. The predicted octanol–water partition coefficient (Wildman–Crippen LogP) is 4.88. The van der Waals surface area contributed by atoms with Crippen molar-refractivity contribution >= 4 is 46.7 Å². The molecule has 0 saturated heterocycles. The molecule has 8 heteroatoms. The number of nitrogens with one attached hydrogen (secondary N) is 2. The lowest BCUT2D eigenvalue weighted by molar-refractivity contribution is -0.115. The zero-order chi connectivity index (χ0) is 19.8. The molecule has 2 N–H and O–H groups in total. The van der Waals surface area contributed by atoms with Gasteiger partial charge < -0.3 is 10.3 Å². The van der Waals surface area contributed by atoms with E-state index in [0.29, 0.717) is 28.0 Å². The molecule has 1 aromatic heterocycles. The molecular weight excluding hydrogens is 402 g/mol. The number of H-pyrrole nitrogens is 1. The number of hydrogen-bond donors (Lipinski definition) is 2. The van der Waals surface area contributed by atoms with E-state index in [1.807, 2.05) is 19.9 Å². The van der Waals surface area contributed by atoms with Crippen LogP contribution < -0.4 is 10.9 Å². The Bertz CT molecular complexity index is 842. The molecule has 1 unspecified atom stereocenters. The van der Waals surface area contributed by atoms with E-state index in [-0.39, 0.29) is 16.7 Å². The zero-order valence-electron chi connectivity index (χ0n) is 15.7. The highest BCUT2D eigenvalue weighted by Crippen LogP contribution is 2.25. The van der Waals surface area contributed by atoms with Gasteiger partial charge in [-0.15, -0.1) is 0 Å². The van der Waals surface area contributed by atoms with Crippen molar-refractivity contribution in [1.82, 2.24) is 9.97 Å². The third-order valence-electron chi connectivity index (χ3n) is 3.75. The summed E-state index contributed by atoms with van der Waals surface area (Å²) in [7, 11) is 0. The van der Waals surface area contributed by atoms with Gasteiger partial charge in [-0.2, -0.15) is 11.8 Å². The lowest BCUT2D eigenvalue weighted by Gasteiger charge is -2.16. The highest BCUT2D eigenvalue weighted by molar-refractivity contribution is 8.00. The van der Waals surface area contributed by atoms with Gasteiger partial charge in [0.1, 0.15) is 0 Å². The molecule has 1 amide bonds. The van der Waals surface area contributed by atoms with E-state index in [0.717, 1.165) is 23.4 Å². The smallest absolute Gasteiger partial charge is 0.251 e. The van der Waals surface area contributed by atoms with Gasteiger partial charge in [0.2, 0.25) is 5.91 Å². The van der Waals surface area contributed by atoms with Gasteiger partial charge >= 0.3 is 0 Å². The number of carbonyl (C=O) groups excluding carboxylic acids is 1. The summed E-state index contributed by atoms with van der Waals surface area (Å²) < 4.78 is 0. The van der Waals surface area contributed by atoms with Crippen LogP contribution in [0.1, 0.15) is 37.9 Å². The molecule has 0 bridgehead atoms. The minimum atomic E-state index is -0.370. The van der Waals surface area contributed by atoms with Crippen molar-refractivity contribution < 1.29 is 4.79 Å². The first kappa shape index (κ1) is 21.9. The number of aromatic nitrogens is 2. The number of halogens is 1. The number of thioether (sulfide) groups is 2. The Kier molecular flexibility index (Phi) is 8.73. The Hall–Kier alpha value is -1.44. The molecule has 0 aliphatic carbocycles. The van der Waals surface area contributed by atoms with Crippen LogP contribution in [-0.4, -0.2) is 26.9 Å². The van der Waals surface area contributed by atoms with Crippen molar-refractivity contribution in [3.63, 3.8) is 0 Å². The van der Waals surface area contributed by atoms with Crippen molar-refractivity contribution in [2.24, 2.45) is 0 Å². The average Bonchev–Trinajstić information content (AvgIpc) is 2.62. The van der Waals surface area contributed by atoms with Gasteiger partial charge in [0.25, 0.3) is 5.56 Å². The Morgan fingerprint density at radius 1 is 1.33 bits per heavy atom. The summed E-state index contributed by atoms with van der Waals surface area (Å²) in [4.78, 5) is 31.8. The van der Waals surface area contributed by atoms with E-state index >= 15 is 0 Å². The lowest BCUT2D eigenvalue weighted by atomic mass is 10.2. The predicted molar refractivity (Wildman–Crippen MR) is 116 cm³/mol. The summed E-state index contributed by atoms with van der Waals surface area (Å²) in [5.74, 6) is 1.58. The van der Waals surface area contributed by atoms with Gasteiger partial charge in [-0.05, 0) is 43.2 Å². The summed E-state index contributed by atoms with van der Waals surface area (Å²) >= 11 is 9.04. The van der Waals surface area contributed by atoms with Gasteiger partial charge in [-0.25, -0.2) is 4.98 Å². The average molecular weight is 426 g/mol. The molecule has 1 aromatic carbocycles. The minimum Gasteiger partial charge on any atom is -0.325 e. The number of rotatable bonds is 9. The molecule has 27 heavy (non-hydrogen) atoms. The molecule has 1 heterocycles. The van der Waals surface area contributed by atoms with Gasteiger partial charge in [-0.3, -0.25) is 9.59 Å². The van der Waals surface area contributed by atoms with Crippen molar-refractivity contribution in [3.8, 4) is 0 Å². The second kappa shape index (κ2) is 10.8. The maximum atomic E-state index is 12.7. The molecule has 5 nitrogen and oxygen atoms in total. The summed E-state index contributed by atoms with van der Waals surface area (Å²) in [5.41, 5.74) is 2.17. The number of hydrogen-bond acceptors (Lipinski definition) is 5. The summed E-state index contributed by atoms with van der Waals surface area (Å²) in [6.07, 6.45) is 1.69. The standard InChI is InChI=1S/C19H24ClN3O2S2/c1-4-8-26-11-14-10-17(24)23-19(21-14)27-16(5-2)18(25)22-15-9-13(20)7-6-12(15)3/h6-7,9-10,16H,4-5,8,11H2,1-3H3,(H,22,25)(H,21,23,24). The molecule has 146 valence electrons. The molecule has 0 fully saturated rings. The maximum Gasteiger partial charge on any atom is 0.251 e. The third-order valence-corrected chi connectivity index (χ3v) is 6.43. The minimum absolute atomic E-state index is 0.138. The zero-order valence-corrected chi connectivity index (χ0v) is 18.1. The molecule has 0 aliphatic rings. The van der Waals surface area contributed by atoms with Crippen LogP contribution >= 0.6 is 35.1 Å². The summed E-state index contributed by atoms with van der Waals surface area (Å²) in [6.45, 7) is 5.96. The van der Waals surface area contributed by atoms with Crippen LogP contribution in [0.25, 0.3) is 0 Å². The number of nitrogens with zero attached hydrogens (tertiary/aromatic N) is 1. The largest absolute Gasteiger partial charge is 0.325 e. The fraction of sp³-hybridized carbons (Fsp3) is 0.421. The molecule has 0 radical (unpaired) electrons. The number of benzene rings is 1. The number of carbonyl (C=O) groups is 1. The van der Waals surface area contributed by atoms with Gasteiger partial charge in [0, 0.05) is 22.5 Å². The Morgan fingerprint density at radius 2 is 2.11 bits per heavy atom. The molecular formula is C19H24ClN3O2S2. The Balaban J connectivity index is 2.10. The summed E-state index contributed by atoms with van der Waals surface area (Å²) in [5, 5.41) is 3.60. The monoisotopic (exact) mass is 425 g/mol. The van der Waals surface area contributed by atoms with Crippen LogP contribution in [0, 0.1) is 6.92 Å². The van der Waals surface area contributed by atoms with E-state index in [1.165, 1.54) is 17.8 Å². The lowest BCUT2D eigenvalue weighted by Crippen LogP contribution is -2.25. The van der Waals surface area contributed by atoms with Crippen molar-refractivity contribution in [2.45, 2.75) is 49.8 Å². The Morgan fingerprint density at radius 3 is 2.81 bits per heavy atom. The first-order valence-corrected chi connectivity index (χ1v) is 11.3. The van der Waals surface area contributed by atoms with Crippen LogP contribution in [0.4, 0.5) is 5.69 Å². The second-order valence-electron chi connectivity index (χ2n) is 6.06. The van der Waals surface area contributed by atoms with Crippen molar-refractivity contribution in [1.29, 1.82) is 0 Å². The van der Waals surface area contributed by atoms with Crippen LogP contribution in [-0.2, 0) is 10.5 Å². The molecule has 2 rings (SSSR count). The molecule has 0 saturated carbocycles. The van der Waals surface area contributed by atoms with E-state index in [2.05, 4.69) is 22.2 Å². The number of aromatic amines is 1. The third kappa shape index (κ3) is 6.90. The summed E-state index contributed by atoms with van der Waals surface area (Å²) in [6, 6.07) is 6.90. The van der Waals surface area contributed by atoms with E-state index in [9.17, 15) is 9.59 Å².